The smallest absolute Gasteiger partial charge is 0.243 e. The quantitative estimate of drug-likeness (QED) is 0.816. The van der Waals surface area contributed by atoms with Crippen LogP contribution >= 0.6 is 11.3 Å². The van der Waals surface area contributed by atoms with Gasteiger partial charge >= 0.3 is 0 Å². The molecule has 26 heavy (non-hydrogen) atoms. The van der Waals surface area contributed by atoms with Gasteiger partial charge in [0.25, 0.3) is 0 Å². The maximum Gasteiger partial charge on any atom is 0.243 e. The number of amides is 1. The Morgan fingerprint density at radius 1 is 1.27 bits per heavy atom. The van der Waals surface area contributed by atoms with Crippen molar-refractivity contribution in [2.75, 3.05) is 19.6 Å². The van der Waals surface area contributed by atoms with Crippen molar-refractivity contribution >= 4 is 27.3 Å². The first-order valence-corrected chi connectivity index (χ1v) is 10.9. The fourth-order valence-electron chi connectivity index (χ4n) is 3.04. The number of hydrogen-bond donors (Lipinski definition) is 1. The number of piperidine rings is 1. The maximum absolute atomic E-state index is 13.0. The molecule has 0 aliphatic carbocycles. The summed E-state index contributed by atoms with van der Waals surface area (Å²) in [7, 11) is -3.71. The van der Waals surface area contributed by atoms with Crippen LogP contribution in [-0.4, -0.2) is 38.3 Å². The Morgan fingerprint density at radius 3 is 2.73 bits per heavy atom. The lowest BCUT2D eigenvalue weighted by molar-refractivity contribution is -0.126. The van der Waals surface area contributed by atoms with E-state index in [1.807, 2.05) is 16.8 Å². The van der Waals surface area contributed by atoms with Gasteiger partial charge in [0.1, 0.15) is 5.82 Å². The van der Waals surface area contributed by atoms with Crippen LogP contribution in [0.25, 0.3) is 0 Å². The predicted molar refractivity (Wildman–Crippen MR) is 98.9 cm³/mol. The van der Waals surface area contributed by atoms with Crippen LogP contribution in [0.3, 0.4) is 0 Å². The Kier molecular flexibility index (Phi) is 6.05. The number of sulfonamides is 1. The van der Waals surface area contributed by atoms with E-state index < -0.39 is 15.8 Å². The molecule has 1 N–H and O–H groups in total. The van der Waals surface area contributed by atoms with Gasteiger partial charge in [0, 0.05) is 19.6 Å². The first kappa shape index (κ1) is 19.0. The highest BCUT2D eigenvalue weighted by atomic mass is 32.2. The third kappa shape index (κ3) is 4.49. The molecule has 1 aliphatic rings. The Morgan fingerprint density at radius 2 is 2.04 bits per heavy atom. The van der Waals surface area contributed by atoms with E-state index in [9.17, 15) is 17.6 Å². The van der Waals surface area contributed by atoms with Crippen molar-refractivity contribution in [3.05, 3.63) is 52.5 Å². The minimum Gasteiger partial charge on any atom is -0.355 e. The predicted octanol–water partition coefficient (Wildman–Crippen LogP) is 2.65. The first-order chi connectivity index (χ1) is 12.5. The lowest BCUT2D eigenvalue weighted by atomic mass is 9.99. The maximum atomic E-state index is 13.0. The summed E-state index contributed by atoms with van der Waals surface area (Å²) >= 11 is 1.62. The average Bonchev–Trinajstić information content (AvgIpc) is 3.15. The second-order valence-corrected chi connectivity index (χ2v) is 9.05. The molecule has 8 heteroatoms. The van der Waals surface area contributed by atoms with Gasteiger partial charge < -0.3 is 5.32 Å². The SMILES string of the molecule is O=C(NCCc1ccsc1)C1CCCN(S(=O)(=O)c2ccc(F)cc2)C1. The van der Waals surface area contributed by atoms with Gasteiger partial charge in [-0.05, 0) is 65.9 Å². The average molecular weight is 397 g/mol. The van der Waals surface area contributed by atoms with Crippen LogP contribution in [0.15, 0.2) is 46.0 Å². The molecule has 0 radical (unpaired) electrons. The van der Waals surface area contributed by atoms with Crippen LogP contribution < -0.4 is 5.32 Å². The lowest BCUT2D eigenvalue weighted by Gasteiger charge is -2.31. The third-order valence-electron chi connectivity index (χ3n) is 4.50. The third-order valence-corrected chi connectivity index (χ3v) is 7.11. The molecular formula is C18H21FN2O3S2. The molecule has 1 aromatic heterocycles. The minimum absolute atomic E-state index is 0.0532. The highest BCUT2D eigenvalue weighted by molar-refractivity contribution is 7.89. The molecule has 3 rings (SSSR count). The van der Waals surface area contributed by atoms with E-state index >= 15 is 0 Å². The number of thiophene rings is 1. The molecule has 0 saturated carbocycles. The van der Waals surface area contributed by atoms with Gasteiger partial charge in [-0.15, -0.1) is 0 Å². The molecule has 1 saturated heterocycles. The highest BCUT2D eigenvalue weighted by Gasteiger charge is 2.33. The normalized spacial score (nSPS) is 18.6. The first-order valence-electron chi connectivity index (χ1n) is 8.51. The zero-order chi connectivity index (χ0) is 18.6. The van der Waals surface area contributed by atoms with Gasteiger partial charge in [0.05, 0.1) is 10.8 Å². The summed E-state index contributed by atoms with van der Waals surface area (Å²) in [5.41, 5.74) is 1.18. The van der Waals surface area contributed by atoms with Crippen molar-refractivity contribution in [3.63, 3.8) is 0 Å². The Labute approximate surface area is 156 Å². The van der Waals surface area contributed by atoms with E-state index in [0.29, 0.717) is 25.9 Å². The summed E-state index contributed by atoms with van der Waals surface area (Å²) in [6.45, 7) is 1.07. The van der Waals surface area contributed by atoms with Crippen LogP contribution in [0.1, 0.15) is 18.4 Å². The fourth-order valence-corrected chi connectivity index (χ4v) is 5.27. The Balaban J connectivity index is 1.59. The number of benzene rings is 1. The number of hydrogen-bond acceptors (Lipinski definition) is 4. The summed E-state index contributed by atoms with van der Waals surface area (Å²) in [5, 5.41) is 6.95. The van der Waals surface area contributed by atoms with E-state index in [2.05, 4.69) is 5.32 Å². The zero-order valence-corrected chi connectivity index (χ0v) is 15.9. The lowest BCUT2D eigenvalue weighted by Crippen LogP contribution is -2.45. The molecule has 1 atom stereocenters. The largest absolute Gasteiger partial charge is 0.355 e. The molecular weight excluding hydrogens is 375 g/mol. The van der Waals surface area contributed by atoms with Crippen molar-refractivity contribution in [2.45, 2.75) is 24.2 Å². The second kappa shape index (κ2) is 8.28. The number of nitrogens with zero attached hydrogens (tertiary/aromatic N) is 1. The number of carbonyl (C=O) groups is 1. The summed E-state index contributed by atoms with van der Waals surface area (Å²) in [6, 6.07) is 6.80. The molecule has 1 fully saturated rings. The van der Waals surface area contributed by atoms with E-state index in [1.165, 1.54) is 22.0 Å². The van der Waals surface area contributed by atoms with E-state index in [4.69, 9.17) is 0 Å². The molecule has 0 bridgehead atoms. The van der Waals surface area contributed by atoms with Crippen LogP contribution in [0.4, 0.5) is 4.39 Å². The number of carbonyl (C=O) groups excluding carboxylic acids is 1. The summed E-state index contributed by atoms with van der Waals surface area (Å²) < 4.78 is 39.8. The van der Waals surface area contributed by atoms with Crippen molar-refractivity contribution < 1.29 is 17.6 Å². The van der Waals surface area contributed by atoms with Crippen molar-refractivity contribution in [1.29, 1.82) is 0 Å². The number of rotatable bonds is 6. The van der Waals surface area contributed by atoms with E-state index in [1.54, 1.807) is 11.3 Å². The molecule has 1 amide bonds. The van der Waals surface area contributed by atoms with E-state index in [0.717, 1.165) is 18.6 Å². The fraction of sp³-hybridized carbons (Fsp3) is 0.389. The van der Waals surface area contributed by atoms with Gasteiger partial charge in [0.15, 0.2) is 0 Å². The molecule has 1 aliphatic heterocycles. The van der Waals surface area contributed by atoms with Gasteiger partial charge in [-0.25, -0.2) is 12.8 Å². The summed E-state index contributed by atoms with van der Waals surface area (Å²) in [4.78, 5) is 12.5. The monoisotopic (exact) mass is 396 g/mol. The highest BCUT2D eigenvalue weighted by Crippen LogP contribution is 2.24. The van der Waals surface area contributed by atoms with Gasteiger partial charge in [0.2, 0.25) is 15.9 Å². The zero-order valence-electron chi connectivity index (χ0n) is 14.2. The molecule has 2 aromatic rings. The molecule has 1 unspecified atom stereocenters. The molecule has 0 spiro atoms. The van der Waals surface area contributed by atoms with E-state index in [-0.39, 0.29) is 23.3 Å². The molecule has 1 aromatic carbocycles. The molecule has 140 valence electrons. The van der Waals surface area contributed by atoms with Crippen LogP contribution in [0, 0.1) is 11.7 Å². The topological polar surface area (TPSA) is 66.5 Å². The summed E-state index contributed by atoms with van der Waals surface area (Å²) in [5.74, 6) is -0.953. The molecule has 5 nitrogen and oxygen atoms in total. The van der Waals surface area contributed by atoms with Gasteiger partial charge in [-0.3, -0.25) is 4.79 Å². The van der Waals surface area contributed by atoms with Crippen LogP contribution in [0.2, 0.25) is 0 Å². The second-order valence-electron chi connectivity index (χ2n) is 6.33. The van der Waals surface area contributed by atoms with Crippen molar-refractivity contribution in [1.82, 2.24) is 9.62 Å². The van der Waals surface area contributed by atoms with Gasteiger partial charge in [-0.2, -0.15) is 15.6 Å². The van der Waals surface area contributed by atoms with Crippen molar-refractivity contribution in [2.24, 2.45) is 5.92 Å². The Hall–Kier alpha value is -1.77. The summed E-state index contributed by atoms with van der Waals surface area (Å²) in [6.07, 6.45) is 2.06. The van der Waals surface area contributed by atoms with Crippen LogP contribution in [-0.2, 0) is 21.2 Å². The Bertz CT molecular complexity index is 836. The van der Waals surface area contributed by atoms with Crippen molar-refractivity contribution in [3.8, 4) is 0 Å². The van der Waals surface area contributed by atoms with Gasteiger partial charge in [-0.1, -0.05) is 0 Å². The van der Waals surface area contributed by atoms with Crippen LogP contribution in [0.5, 0.6) is 0 Å². The number of nitrogens with one attached hydrogen (secondary N) is 1. The number of halogens is 1. The molecule has 2 heterocycles. The standard InChI is InChI=1S/C18H21FN2O3S2/c19-16-3-5-17(6-4-16)26(23,24)21-10-1-2-15(12-21)18(22)20-9-7-14-8-11-25-13-14/h3-6,8,11,13,15H,1-2,7,9-10,12H2,(H,20,22). The minimum atomic E-state index is -3.71.